The molecular formula is C27H37N2+. The minimum Gasteiger partial charge on any atom is -0.237 e. The smallest absolute Gasteiger partial charge is 0.237 e. The van der Waals surface area contributed by atoms with E-state index in [1.54, 1.807) is 0 Å². The molecule has 1 aromatic heterocycles. The predicted octanol–water partition coefficient (Wildman–Crippen LogP) is 6.51. The predicted molar refractivity (Wildman–Crippen MR) is 122 cm³/mol. The second-order valence-corrected chi connectivity index (χ2v) is 8.56. The SMILES string of the molecule is CCCCCC(n1cc[n+](CCC)c1)C(C)(Cc1ccccc1)c1ccccc1. The van der Waals surface area contributed by atoms with Crippen molar-refractivity contribution in [3.05, 3.63) is 90.5 Å². The zero-order chi connectivity index (χ0) is 20.5. The number of aryl methyl sites for hydroxylation is 1. The molecule has 0 aliphatic rings. The highest BCUT2D eigenvalue weighted by molar-refractivity contribution is 5.30. The summed E-state index contributed by atoms with van der Waals surface area (Å²) in [5.41, 5.74) is 2.87. The van der Waals surface area contributed by atoms with Crippen LogP contribution in [-0.2, 0) is 18.4 Å². The van der Waals surface area contributed by atoms with E-state index >= 15 is 0 Å². The van der Waals surface area contributed by atoms with E-state index in [4.69, 9.17) is 0 Å². The van der Waals surface area contributed by atoms with Crippen molar-refractivity contribution in [2.45, 2.75) is 77.3 Å². The van der Waals surface area contributed by atoms with Gasteiger partial charge in [-0.25, -0.2) is 9.13 Å². The zero-order valence-corrected chi connectivity index (χ0v) is 18.4. The van der Waals surface area contributed by atoms with Crippen LogP contribution in [0.15, 0.2) is 79.4 Å². The van der Waals surface area contributed by atoms with Crippen molar-refractivity contribution in [1.29, 1.82) is 0 Å². The monoisotopic (exact) mass is 389 g/mol. The third-order valence-electron chi connectivity index (χ3n) is 6.22. The average molecular weight is 390 g/mol. The fraction of sp³-hybridized carbons (Fsp3) is 0.444. The molecule has 0 bridgehead atoms. The molecule has 2 aromatic carbocycles. The Hall–Kier alpha value is -2.35. The molecule has 2 unspecified atom stereocenters. The van der Waals surface area contributed by atoms with Crippen LogP contribution in [0, 0.1) is 0 Å². The van der Waals surface area contributed by atoms with Crippen LogP contribution in [0.3, 0.4) is 0 Å². The normalized spacial score (nSPS) is 14.4. The zero-order valence-electron chi connectivity index (χ0n) is 18.4. The molecule has 29 heavy (non-hydrogen) atoms. The van der Waals surface area contributed by atoms with Gasteiger partial charge >= 0.3 is 0 Å². The maximum Gasteiger partial charge on any atom is 0.244 e. The third-order valence-corrected chi connectivity index (χ3v) is 6.22. The standard InChI is InChI=1S/C27H37N2/c1-4-6-9-18-26(29-21-20-28(23-29)19-5-2)27(3,25-16-12-8-13-17-25)22-24-14-10-7-11-15-24/h7-8,10-17,20-21,23,26H,4-6,9,18-19,22H2,1-3H3/q+1. The fourth-order valence-corrected chi connectivity index (χ4v) is 4.62. The lowest BCUT2D eigenvalue weighted by atomic mass is 9.70. The van der Waals surface area contributed by atoms with E-state index in [0.717, 1.165) is 19.4 Å². The molecule has 3 aromatic rings. The summed E-state index contributed by atoms with van der Waals surface area (Å²) in [7, 11) is 0. The highest BCUT2D eigenvalue weighted by Gasteiger charge is 2.40. The van der Waals surface area contributed by atoms with Gasteiger partial charge in [0.2, 0.25) is 6.33 Å². The van der Waals surface area contributed by atoms with E-state index in [1.807, 2.05) is 0 Å². The van der Waals surface area contributed by atoms with Crippen molar-refractivity contribution in [3.63, 3.8) is 0 Å². The lowest BCUT2D eigenvalue weighted by Gasteiger charge is -2.37. The molecule has 154 valence electrons. The molecule has 2 atom stereocenters. The Morgan fingerprint density at radius 2 is 1.59 bits per heavy atom. The highest BCUT2D eigenvalue weighted by Crippen LogP contribution is 2.41. The minimum absolute atomic E-state index is 0.0272. The highest BCUT2D eigenvalue weighted by atomic mass is 15.1. The second kappa shape index (κ2) is 10.4. The van der Waals surface area contributed by atoms with Crippen LogP contribution in [0.2, 0.25) is 0 Å². The number of aromatic nitrogens is 2. The van der Waals surface area contributed by atoms with Crippen molar-refractivity contribution in [1.82, 2.24) is 4.57 Å². The van der Waals surface area contributed by atoms with Crippen molar-refractivity contribution in [2.75, 3.05) is 0 Å². The number of hydrogen-bond acceptors (Lipinski definition) is 0. The molecule has 0 fully saturated rings. The van der Waals surface area contributed by atoms with Crippen molar-refractivity contribution < 1.29 is 4.57 Å². The topological polar surface area (TPSA) is 8.81 Å². The van der Waals surface area contributed by atoms with Crippen LogP contribution in [0.5, 0.6) is 0 Å². The number of nitrogens with zero attached hydrogens (tertiary/aromatic N) is 2. The Labute approximate surface area is 177 Å². The molecule has 2 nitrogen and oxygen atoms in total. The van der Waals surface area contributed by atoms with E-state index < -0.39 is 0 Å². The van der Waals surface area contributed by atoms with E-state index in [2.05, 4.69) is 109 Å². The average Bonchev–Trinajstić information content (AvgIpc) is 3.21. The molecular weight excluding hydrogens is 352 g/mol. The molecule has 0 amide bonds. The van der Waals surface area contributed by atoms with E-state index in [1.165, 1.54) is 36.8 Å². The van der Waals surface area contributed by atoms with Crippen molar-refractivity contribution in [3.8, 4) is 0 Å². The first kappa shape index (κ1) is 21.4. The summed E-state index contributed by atoms with van der Waals surface area (Å²) < 4.78 is 4.82. The maximum absolute atomic E-state index is 2.49. The van der Waals surface area contributed by atoms with Gasteiger partial charge in [-0.05, 0) is 36.8 Å². The van der Waals surface area contributed by atoms with Gasteiger partial charge in [-0.3, -0.25) is 0 Å². The molecule has 1 heterocycles. The largest absolute Gasteiger partial charge is 0.244 e. The summed E-state index contributed by atoms with van der Waals surface area (Å²) in [6.45, 7) is 8.08. The van der Waals surface area contributed by atoms with Crippen LogP contribution in [0.1, 0.15) is 70.0 Å². The summed E-state index contributed by atoms with van der Waals surface area (Å²) >= 11 is 0. The molecule has 0 radical (unpaired) electrons. The van der Waals surface area contributed by atoms with Gasteiger partial charge in [0.1, 0.15) is 18.4 Å². The van der Waals surface area contributed by atoms with Gasteiger partial charge in [-0.2, -0.15) is 0 Å². The molecule has 2 heteroatoms. The van der Waals surface area contributed by atoms with E-state index in [9.17, 15) is 0 Å². The quantitative estimate of drug-likeness (QED) is 0.261. The minimum atomic E-state index is 0.0272. The van der Waals surface area contributed by atoms with Crippen molar-refractivity contribution >= 4 is 0 Å². The number of rotatable bonds is 11. The van der Waals surface area contributed by atoms with Crippen LogP contribution in [0.25, 0.3) is 0 Å². The molecule has 0 aliphatic heterocycles. The van der Waals surface area contributed by atoms with Crippen LogP contribution >= 0.6 is 0 Å². The van der Waals surface area contributed by atoms with Crippen molar-refractivity contribution in [2.24, 2.45) is 0 Å². The van der Waals surface area contributed by atoms with E-state index in [0.29, 0.717) is 6.04 Å². The van der Waals surface area contributed by atoms with Crippen LogP contribution in [0.4, 0.5) is 0 Å². The maximum atomic E-state index is 2.49. The number of unbranched alkanes of at least 4 members (excludes halogenated alkanes) is 2. The summed E-state index contributed by atoms with van der Waals surface area (Å²) in [6.07, 6.45) is 14.1. The first-order valence-corrected chi connectivity index (χ1v) is 11.3. The first-order chi connectivity index (χ1) is 14.2. The van der Waals surface area contributed by atoms with Gasteiger partial charge < -0.3 is 0 Å². The van der Waals surface area contributed by atoms with Gasteiger partial charge in [-0.15, -0.1) is 0 Å². The summed E-state index contributed by atoms with van der Waals surface area (Å²) in [5.74, 6) is 0. The lowest BCUT2D eigenvalue weighted by molar-refractivity contribution is -0.696. The molecule has 0 saturated carbocycles. The third kappa shape index (κ3) is 5.38. The van der Waals surface area contributed by atoms with Gasteiger partial charge in [0.15, 0.2) is 0 Å². The number of benzene rings is 2. The Morgan fingerprint density at radius 3 is 2.24 bits per heavy atom. The Bertz CT molecular complexity index is 837. The first-order valence-electron chi connectivity index (χ1n) is 11.3. The Kier molecular flexibility index (Phi) is 7.69. The van der Waals surface area contributed by atoms with Crippen LogP contribution < -0.4 is 4.57 Å². The summed E-state index contributed by atoms with van der Waals surface area (Å²) in [5, 5.41) is 0. The Morgan fingerprint density at radius 1 is 0.897 bits per heavy atom. The molecule has 0 saturated heterocycles. The summed E-state index contributed by atoms with van der Waals surface area (Å²) in [4.78, 5) is 0. The van der Waals surface area contributed by atoms with E-state index in [-0.39, 0.29) is 5.41 Å². The second-order valence-electron chi connectivity index (χ2n) is 8.56. The molecule has 3 rings (SSSR count). The van der Waals surface area contributed by atoms with Crippen LogP contribution in [-0.4, -0.2) is 4.57 Å². The number of imidazole rings is 1. The molecule has 0 aliphatic carbocycles. The van der Waals surface area contributed by atoms with Gasteiger partial charge in [0.05, 0.1) is 6.54 Å². The van der Waals surface area contributed by atoms with Gasteiger partial charge in [0, 0.05) is 5.41 Å². The molecule has 0 N–H and O–H groups in total. The summed E-state index contributed by atoms with van der Waals surface area (Å²) in [6, 6.07) is 22.6. The number of hydrogen-bond donors (Lipinski definition) is 0. The Balaban J connectivity index is 2.03. The lowest BCUT2D eigenvalue weighted by Crippen LogP contribution is -2.37. The van der Waals surface area contributed by atoms with Gasteiger partial charge in [0.25, 0.3) is 0 Å². The van der Waals surface area contributed by atoms with Gasteiger partial charge in [-0.1, -0.05) is 94.3 Å². The molecule has 0 spiro atoms. The fourth-order valence-electron chi connectivity index (χ4n) is 4.62.